The van der Waals surface area contributed by atoms with E-state index in [1.54, 1.807) is 19.3 Å². The molecule has 8 nitrogen and oxygen atoms in total. The van der Waals surface area contributed by atoms with E-state index in [4.69, 9.17) is 11.1 Å². The summed E-state index contributed by atoms with van der Waals surface area (Å²) in [5.41, 5.74) is 9.35. The molecule has 0 amide bonds. The summed E-state index contributed by atoms with van der Waals surface area (Å²) < 4.78 is 14.6. The summed E-state index contributed by atoms with van der Waals surface area (Å²) >= 11 is 0. The maximum absolute atomic E-state index is 13.1. The lowest BCUT2D eigenvalue weighted by molar-refractivity contribution is 0.620. The molecule has 4 rings (SSSR count). The van der Waals surface area contributed by atoms with Gasteiger partial charge in [-0.2, -0.15) is 0 Å². The van der Waals surface area contributed by atoms with E-state index in [9.17, 15) is 9.18 Å². The zero-order chi connectivity index (χ0) is 22.7. The van der Waals surface area contributed by atoms with Crippen LogP contribution in [0.25, 0.3) is 22.4 Å². The number of nitrogens with zero attached hydrogens (tertiary/aromatic N) is 4. The number of aromatic amines is 1. The Morgan fingerprint density at radius 2 is 1.94 bits per heavy atom. The van der Waals surface area contributed by atoms with Crippen LogP contribution in [0, 0.1) is 11.2 Å². The Labute approximate surface area is 182 Å². The molecule has 0 radical (unpaired) electrons. The number of rotatable bonds is 4. The summed E-state index contributed by atoms with van der Waals surface area (Å²) in [4.78, 5) is 27.8. The van der Waals surface area contributed by atoms with Crippen molar-refractivity contribution in [2.24, 2.45) is 12.0 Å². The maximum Gasteiger partial charge on any atom is 0.250 e. The van der Waals surface area contributed by atoms with Gasteiger partial charge in [-0.3, -0.25) is 15.2 Å². The van der Waals surface area contributed by atoms with E-state index in [0.717, 1.165) is 11.8 Å². The molecule has 0 saturated heterocycles. The Morgan fingerprint density at radius 1 is 1.16 bits per heavy atom. The van der Waals surface area contributed by atoms with E-state index in [-0.39, 0.29) is 23.8 Å². The molecule has 4 aromatic rings. The number of aryl methyl sites for hydroxylation is 1. The van der Waals surface area contributed by atoms with Crippen molar-refractivity contribution in [2.75, 3.05) is 5.73 Å². The van der Waals surface area contributed by atoms with Crippen LogP contribution in [0.3, 0.4) is 0 Å². The lowest BCUT2D eigenvalue weighted by Crippen LogP contribution is -2.21. The number of aromatic nitrogens is 4. The highest BCUT2D eigenvalue weighted by molar-refractivity contribution is 5.84. The van der Waals surface area contributed by atoms with Crippen molar-refractivity contribution >= 4 is 11.8 Å². The Hall–Kier alpha value is -4.40. The molecule has 160 valence electrons. The van der Waals surface area contributed by atoms with Crippen LogP contribution >= 0.6 is 0 Å². The van der Waals surface area contributed by atoms with Crippen LogP contribution in [0.5, 0.6) is 0 Å². The van der Waals surface area contributed by atoms with Crippen LogP contribution in [0.2, 0.25) is 0 Å². The first-order chi connectivity index (χ1) is 15.4. The van der Waals surface area contributed by atoms with Crippen molar-refractivity contribution in [1.29, 1.82) is 5.41 Å². The Kier molecular flexibility index (Phi) is 5.71. The van der Waals surface area contributed by atoms with Gasteiger partial charge in [0.05, 0.1) is 17.5 Å². The smallest absolute Gasteiger partial charge is 0.250 e. The quantitative estimate of drug-likeness (QED) is 0.341. The molecule has 0 aliphatic carbocycles. The lowest BCUT2D eigenvalue weighted by atomic mass is 10.0. The number of nitrogens with one attached hydrogen (secondary N) is 2. The predicted molar refractivity (Wildman–Crippen MR) is 120 cm³/mol. The highest BCUT2D eigenvalue weighted by Gasteiger charge is 2.15. The number of hydrogen-bond donors (Lipinski definition) is 3. The largest absolute Gasteiger partial charge is 0.369 e. The normalized spacial score (nSPS) is 11.5. The van der Waals surface area contributed by atoms with Gasteiger partial charge in [-0.05, 0) is 18.2 Å². The molecule has 0 atom stereocenters. The number of halogens is 1. The van der Waals surface area contributed by atoms with E-state index in [0.29, 0.717) is 28.0 Å². The third kappa shape index (κ3) is 4.51. The number of amidine groups is 1. The Morgan fingerprint density at radius 3 is 2.62 bits per heavy atom. The average Bonchev–Trinajstić information content (AvgIpc) is 2.77. The highest BCUT2D eigenvalue weighted by atomic mass is 19.1. The molecular weight excluding hydrogens is 409 g/mol. The first-order valence-corrected chi connectivity index (χ1v) is 9.75. The fourth-order valence-corrected chi connectivity index (χ4v) is 3.26. The number of H-pyrrole nitrogens is 1. The number of anilines is 1. The first-order valence-electron chi connectivity index (χ1n) is 9.75. The van der Waals surface area contributed by atoms with Crippen LogP contribution in [-0.4, -0.2) is 25.4 Å². The lowest BCUT2D eigenvalue weighted by Gasteiger charge is -2.12. The first kappa shape index (κ1) is 20.9. The molecule has 3 aromatic heterocycles. The summed E-state index contributed by atoms with van der Waals surface area (Å²) in [6.45, 7) is 0. The van der Waals surface area contributed by atoms with Gasteiger partial charge < -0.3 is 15.3 Å². The molecule has 32 heavy (non-hydrogen) atoms. The maximum atomic E-state index is 13.1. The molecule has 1 aromatic carbocycles. The Bertz CT molecular complexity index is 1410. The molecule has 0 aliphatic heterocycles. The van der Waals surface area contributed by atoms with Gasteiger partial charge >= 0.3 is 0 Å². The molecule has 9 heteroatoms. The van der Waals surface area contributed by atoms with Crippen molar-refractivity contribution in [3.8, 4) is 22.4 Å². The van der Waals surface area contributed by atoms with Crippen molar-refractivity contribution in [1.82, 2.24) is 19.5 Å². The molecule has 0 unspecified atom stereocenters. The molecule has 0 spiro atoms. The second kappa shape index (κ2) is 8.76. The molecule has 0 aliphatic rings. The predicted octanol–water partition coefficient (Wildman–Crippen LogP) is 2.68. The van der Waals surface area contributed by atoms with E-state index >= 15 is 0 Å². The van der Waals surface area contributed by atoms with Crippen LogP contribution in [0.1, 0.15) is 5.69 Å². The highest BCUT2D eigenvalue weighted by Crippen LogP contribution is 2.27. The van der Waals surface area contributed by atoms with Crippen molar-refractivity contribution in [3.05, 3.63) is 94.3 Å². The van der Waals surface area contributed by atoms with Crippen LogP contribution in [0.4, 0.5) is 10.3 Å². The zero-order valence-corrected chi connectivity index (χ0v) is 17.2. The minimum Gasteiger partial charge on any atom is -0.369 e. The number of nitrogen functional groups attached to an aromatic ring is 1. The summed E-state index contributed by atoms with van der Waals surface area (Å²) in [7, 11) is 1.65. The van der Waals surface area contributed by atoms with E-state index in [2.05, 4.69) is 19.9 Å². The standard InChI is InChI=1S/C23H20FN7O/c1-31-13-15(7-10-19(31)32)20-21(14-5-3-2-4-6-14)29-23(26)30-22(20)28-18(25)11-17-9-8-16(24)12-27-17/h2-10,12-13H,11H2,1H3,(H4,25,26,28,29,30). The topological polar surface area (TPSA) is 126 Å². The Balaban J connectivity index is 1.91. The van der Waals surface area contributed by atoms with Gasteiger partial charge in [0, 0.05) is 42.6 Å². The van der Waals surface area contributed by atoms with Crippen molar-refractivity contribution in [2.45, 2.75) is 6.42 Å². The number of pyridine rings is 2. The van der Waals surface area contributed by atoms with Gasteiger partial charge in [-0.25, -0.2) is 14.4 Å². The second-order valence-corrected chi connectivity index (χ2v) is 7.13. The van der Waals surface area contributed by atoms with Crippen LogP contribution in [0.15, 0.2) is 76.8 Å². The number of nitrogens with two attached hydrogens (primary N) is 1. The second-order valence-electron chi connectivity index (χ2n) is 7.13. The fraction of sp³-hybridized carbons (Fsp3) is 0.0870. The summed E-state index contributed by atoms with van der Waals surface area (Å²) in [6, 6.07) is 15.4. The molecule has 0 fully saturated rings. The number of hydrogen-bond acceptors (Lipinski definition) is 5. The number of benzene rings is 1. The van der Waals surface area contributed by atoms with Crippen LogP contribution in [-0.2, 0) is 13.5 Å². The fourth-order valence-electron chi connectivity index (χ4n) is 3.26. The molecule has 0 saturated carbocycles. The van der Waals surface area contributed by atoms with Crippen molar-refractivity contribution < 1.29 is 4.39 Å². The van der Waals surface area contributed by atoms with E-state index < -0.39 is 5.82 Å². The molecular formula is C23H20FN7O. The van der Waals surface area contributed by atoms with Gasteiger partial charge in [0.1, 0.15) is 17.1 Å². The summed E-state index contributed by atoms with van der Waals surface area (Å²) in [5.74, 6) is -0.322. The third-order valence-electron chi connectivity index (χ3n) is 4.76. The van der Waals surface area contributed by atoms with E-state index in [1.165, 1.54) is 22.8 Å². The minimum atomic E-state index is -0.447. The van der Waals surface area contributed by atoms with E-state index in [1.807, 2.05) is 30.3 Å². The summed E-state index contributed by atoms with van der Waals surface area (Å²) in [6.07, 6.45) is 2.88. The van der Waals surface area contributed by atoms with Gasteiger partial charge in [0.2, 0.25) is 5.56 Å². The van der Waals surface area contributed by atoms with Crippen LogP contribution < -0.4 is 16.8 Å². The third-order valence-corrected chi connectivity index (χ3v) is 4.76. The zero-order valence-electron chi connectivity index (χ0n) is 17.2. The summed E-state index contributed by atoms with van der Waals surface area (Å²) in [5, 5.41) is 8.36. The SMILES string of the molecule is Cn1cc(-c2c(-c3ccccc3)nc(N)[nH]/c2=N\C(=N)Cc2ccc(F)cn2)ccc1=O. The minimum absolute atomic E-state index is 0.00367. The monoisotopic (exact) mass is 429 g/mol. The molecule has 3 heterocycles. The molecule has 4 N–H and O–H groups in total. The molecule has 0 bridgehead atoms. The van der Waals surface area contributed by atoms with Crippen molar-refractivity contribution in [3.63, 3.8) is 0 Å². The van der Waals surface area contributed by atoms with Gasteiger partial charge in [0.15, 0.2) is 5.95 Å². The van der Waals surface area contributed by atoms with Gasteiger partial charge in [-0.1, -0.05) is 30.3 Å². The van der Waals surface area contributed by atoms with Gasteiger partial charge in [0.25, 0.3) is 0 Å². The average molecular weight is 429 g/mol. The van der Waals surface area contributed by atoms with Gasteiger partial charge in [-0.15, -0.1) is 0 Å².